The van der Waals surface area contributed by atoms with E-state index in [1.54, 1.807) is 0 Å². The summed E-state index contributed by atoms with van der Waals surface area (Å²) in [6, 6.07) is 13.6. The van der Waals surface area contributed by atoms with Crippen LogP contribution in [0.2, 0.25) is 0 Å². The van der Waals surface area contributed by atoms with Gasteiger partial charge in [0.25, 0.3) is 11.8 Å². The van der Waals surface area contributed by atoms with E-state index in [9.17, 15) is 9.59 Å². The van der Waals surface area contributed by atoms with E-state index in [1.165, 1.54) is 25.7 Å². The molecule has 2 aliphatic carbocycles. The van der Waals surface area contributed by atoms with Crippen molar-refractivity contribution in [1.29, 1.82) is 0 Å². The molecule has 1 aromatic heterocycles. The van der Waals surface area contributed by atoms with E-state index in [0.717, 1.165) is 72.2 Å². The molecule has 176 valence electrons. The summed E-state index contributed by atoms with van der Waals surface area (Å²) in [7, 11) is 0. The van der Waals surface area contributed by atoms with Crippen LogP contribution < -0.4 is 10.6 Å². The molecule has 2 amide bonds. The largest absolute Gasteiger partial charge is 0.349 e. The zero-order chi connectivity index (χ0) is 23.3. The van der Waals surface area contributed by atoms with Gasteiger partial charge in [0.15, 0.2) is 0 Å². The third-order valence-electron chi connectivity index (χ3n) is 6.93. The molecule has 0 saturated heterocycles. The van der Waals surface area contributed by atoms with Gasteiger partial charge in [0, 0.05) is 28.4 Å². The fourth-order valence-corrected chi connectivity index (χ4v) is 4.94. The first-order chi connectivity index (χ1) is 16.7. The molecule has 0 aliphatic heterocycles. The van der Waals surface area contributed by atoms with E-state index in [-0.39, 0.29) is 17.9 Å². The molecule has 1 fully saturated rings. The monoisotopic (exact) mass is 456 g/mol. The van der Waals surface area contributed by atoms with Gasteiger partial charge in [0.2, 0.25) is 0 Å². The Kier molecular flexibility index (Phi) is 6.74. The van der Waals surface area contributed by atoms with Crippen LogP contribution >= 0.6 is 0 Å². The third kappa shape index (κ3) is 5.22. The van der Waals surface area contributed by atoms with Crippen molar-refractivity contribution in [2.24, 2.45) is 0 Å². The number of aromatic amines is 1. The smallest absolute Gasteiger partial charge is 0.251 e. The molecule has 0 spiro atoms. The molecule has 0 unspecified atom stereocenters. The number of rotatable bonds is 5. The number of benzene rings is 2. The number of imidazole rings is 1. The lowest BCUT2D eigenvalue weighted by atomic mass is 9.99. The van der Waals surface area contributed by atoms with Gasteiger partial charge in [0.1, 0.15) is 5.82 Å². The summed E-state index contributed by atoms with van der Waals surface area (Å²) in [5, 5.41) is 6.20. The van der Waals surface area contributed by atoms with Crippen molar-refractivity contribution >= 4 is 28.5 Å². The SMILES string of the molecule is O=C(Nc1ccc(-c2nc3cc(C(=O)NC4CCCCCC4)ccc3[nH]2)cc1)C1=CCCCC1. The third-order valence-corrected chi connectivity index (χ3v) is 6.93. The van der Waals surface area contributed by atoms with Crippen molar-refractivity contribution in [2.75, 3.05) is 5.32 Å². The molecular weight excluding hydrogens is 424 g/mol. The van der Waals surface area contributed by atoms with Crippen LogP contribution in [0.25, 0.3) is 22.4 Å². The molecule has 3 N–H and O–H groups in total. The van der Waals surface area contributed by atoms with E-state index < -0.39 is 0 Å². The topological polar surface area (TPSA) is 86.9 Å². The van der Waals surface area contributed by atoms with Crippen molar-refractivity contribution in [3.63, 3.8) is 0 Å². The van der Waals surface area contributed by atoms with Gasteiger partial charge >= 0.3 is 0 Å². The Balaban J connectivity index is 1.27. The van der Waals surface area contributed by atoms with Gasteiger partial charge in [-0.15, -0.1) is 0 Å². The van der Waals surface area contributed by atoms with Crippen molar-refractivity contribution in [3.05, 3.63) is 59.7 Å². The van der Waals surface area contributed by atoms with E-state index in [0.29, 0.717) is 5.56 Å². The van der Waals surface area contributed by atoms with E-state index in [1.807, 2.05) is 48.5 Å². The van der Waals surface area contributed by atoms with Crippen molar-refractivity contribution < 1.29 is 9.59 Å². The number of H-pyrrole nitrogens is 1. The van der Waals surface area contributed by atoms with Crippen molar-refractivity contribution in [2.45, 2.75) is 70.3 Å². The molecule has 1 saturated carbocycles. The maximum atomic E-state index is 12.8. The molecule has 6 nitrogen and oxygen atoms in total. The highest BCUT2D eigenvalue weighted by Gasteiger charge is 2.17. The minimum absolute atomic E-state index is 0.00848. The second kappa shape index (κ2) is 10.2. The molecule has 34 heavy (non-hydrogen) atoms. The highest BCUT2D eigenvalue weighted by atomic mass is 16.2. The summed E-state index contributed by atoms with van der Waals surface area (Å²) in [5.41, 5.74) is 4.88. The van der Waals surface area contributed by atoms with Crippen LogP contribution in [-0.2, 0) is 4.79 Å². The first kappa shape index (κ1) is 22.4. The standard InChI is InChI=1S/C28H32N4O2/c33-27(20-8-4-3-5-9-20)30-23-15-12-19(13-16-23)26-31-24-17-14-21(18-25(24)32-26)28(34)29-22-10-6-1-2-7-11-22/h8,12-18,22H,1-7,9-11H2,(H,29,34)(H,30,33)(H,31,32). The molecule has 3 aromatic rings. The number of nitrogens with zero attached hydrogens (tertiary/aromatic N) is 1. The molecule has 5 rings (SSSR count). The summed E-state index contributed by atoms with van der Waals surface area (Å²) in [6.07, 6.45) is 13.2. The Morgan fingerprint density at radius 1 is 0.882 bits per heavy atom. The molecule has 2 aromatic carbocycles. The minimum atomic E-state index is -0.0217. The average Bonchev–Trinajstić information content (AvgIpc) is 3.13. The van der Waals surface area contributed by atoms with Crippen LogP contribution in [-0.4, -0.2) is 27.8 Å². The number of allylic oxidation sites excluding steroid dienone is 1. The number of aromatic nitrogens is 2. The number of hydrogen-bond acceptors (Lipinski definition) is 3. The van der Waals surface area contributed by atoms with Gasteiger partial charge < -0.3 is 15.6 Å². The molecule has 6 heteroatoms. The number of fused-ring (bicyclic) bond motifs is 1. The summed E-state index contributed by atoms with van der Waals surface area (Å²) >= 11 is 0. The normalized spacial score (nSPS) is 17.1. The summed E-state index contributed by atoms with van der Waals surface area (Å²) in [4.78, 5) is 33.3. The first-order valence-electron chi connectivity index (χ1n) is 12.6. The molecular formula is C28H32N4O2. The van der Waals surface area contributed by atoms with Crippen LogP contribution in [0.1, 0.15) is 74.6 Å². The summed E-state index contributed by atoms with van der Waals surface area (Å²) in [6.45, 7) is 0. The molecule has 0 bridgehead atoms. The zero-order valence-corrected chi connectivity index (χ0v) is 19.5. The zero-order valence-electron chi connectivity index (χ0n) is 19.5. The Bertz CT molecular complexity index is 1200. The van der Waals surface area contributed by atoms with Gasteiger partial charge in [-0.3, -0.25) is 9.59 Å². The quantitative estimate of drug-likeness (QED) is 0.404. The van der Waals surface area contributed by atoms with E-state index in [4.69, 9.17) is 4.98 Å². The van der Waals surface area contributed by atoms with Crippen LogP contribution in [0, 0.1) is 0 Å². The lowest BCUT2D eigenvalue weighted by molar-refractivity contribution is -0.113. The Labute approximate surface area is 200 Å². The summed E-state index contributed by atoms with van der Waals surface area (Å²) < 4.78 is 0. The van der Waals surface area contributed by atoms with Crippen LogP contribution in [0.3, 0.4) is 0 Å². The van der Waals surface area contributed by atoms with Crippen molar-refractivity contribution in [1.82, 2.24) is 15.3 Å². The van der Waals surface area contributed by atoms with Crippen LogP contribution in [0.4, 0.5) is 5.69 Å². The highest BCUT2D eigenvalue weighted by molar-refractivity contribution is 6.04. The Morgan fingerprint density at radius 2 is 1.68 bits per heavy atom. The Morgan fingerprint density at radius 3 is 2.41 bits per heavy atom. The van der Waals surface area contributed by atoms with Gasteiger partial charge in [-0.2, -0.15) is 0 Å². The molecule has 2 aliphatic rings. The van der Waals surface area contributed by atoms with Gasteiger partial charge in [-0.05, 0) is 81.0 Å². The van der Waals surface area contributed by atoms with E-state index >= 15 is 0 Å². The number of nitrogens with one attached hydrogen (secondary N) is 3. The van der Waals surface area contributed by atoms with Gasteiger partial charge in [-0.1, -0.05) is 31.8 Å². The lowest BCUT2D eigenvalue weighted by Crippen LogP contribution is -2.34. The number of amides is 2. The molecule has 1 heterocycles. The molecule has 0 atom stereocenters. The Hall–Kier alpha value is -3.41. The number of carbonyl (C=O) groups excluding carboxylic acids is 2. The maximum absolute atomic E-state index is 12.8. The minimum Gasteiger partial charge on any atom is -0.349 e. The first-order valence-corrected chi connectivity index (χ1v) is 12.6. The average molecular weight is 457 g/mol. The second-order valence-electron chi connectivity index (χ2n) is 9.49. The van der Waals surface area contributed by atoms with Gasteiger partial charge in [0.05, 0.1) is 11.0 Å². The fraction of sp³-hybridized carbons (Fsp3) is 0.393. The summed E-state index contributed by atoms with van der Waals surface area (Å²) in [5.74, 6) is 0.710. The van der Waals surface area contributed by atoms with Crippen molar-refractivity contribution in [3.8, 4) is 11.4 Å². The number of hydrogen-bond donors (Lipinski definition) is 3. The predicted octanol–water partition coefficient (Wildman–Crippen LogP) is 6.12. The molecule has 0 radical (unpaired) electrons. The number of anilines is 1. The van der Waals surface area contributed by atoms with Gasteiger partial charge in [-0.25, -0.2) is 4.98 Å². The van der Waals surface area contributed by atoms with E-state index in [2.05, 4.69) is 15.6 Å². The maximum Gasteiger partial charge on any atom is 0.251 e. The second-order valence-corrected chi connectivity index (χ2v) is 9.49. The highest BCUT2D eigenvalue weighted by Crippen LogP contribution is 2.25. The fourth-order valence-electron chi connectivity index (χ4n) is 4.94. The number of carbonyl (C=O) groups is 2. The lowest BCUT2D eigenvalue weighted by Gasteiger charge is -2.16. The van der Waals surface area contributed by atoms with Crippen LogP contribution in [0.5, 0.6) is 0 Å². The van der Waals surface area contributed by atoms with Crippen LogP contribution in [0.15, 0.2) is 54.1 Å². The predicted molar refractivity (Wildman–Crippen MR) is 136 cm³/mol.